The molecule has 2 N–H and O–H groups in total. The Bertz CT molecular complexity index is 604. The summed E-state index contributed by atoms with van der Waals surface area (Å²) in [5.74, 6) is 0.116. The van der Waals surface area contributed by atoms with E-state index in [1.165, 1.54) is 0 Å². The molecule has 0 aliphatic heterocycles. The maximum atomic E-state index is 12.1. The fourth-order valence-electron chi connectivity index (χ4n) is 1.56. The number of ether oxygens (including phenoxy) is 1. The van der Waals surface area contributed by atoms with Crippen LogP contribution in [0.3, 0.4) is 0 Å². The highest BCUT2D eigenvalue weighted by Crippen LogP contribution is 2.14. The first-order valence-electron chi connectivity index (χ1n) is 6.32. The normalized spacial score (nSPS) is 10.2. The Kier molecular flexibility index (Phi) is 5.65. The van der Waals surface area contributed by atoms with Crippen molar-refractivity contribution in [2.24, 2.45) is 0 Å². The highest BCUT2D eigenvalue weighted by Gasteiger charge is 2.09. The molecule has 0 bridgehead atoms. The number of anilines is 2. The van der Waals surface area contributed by atoms with Crippen LogP contribution in [0.4, 0.5) is 11.6 Å². The van der Waals surface area contributed by atoms with Crippen molar-refractivity contribution in [3.63, 3.8) is 0 Å². The van der Waals surface area contributed by atoms with Gasteiger partial charge in [0.1, 0.15) is 5.69 Å². The summed E-state index contributed by atoms with van der Waals surface area (Å²) >= 11 is 3.34. The summed E-state index contributed by atoms with van der Waals surface area (Å²) in [6.45, 7) is 1.12. The summed E-state index contributed by atoms with van der Waals surface area (Å²) in [6.07, 6.45) is 1.54. The van der Waals surface area contributed by atoms with Crippen LogP contribution in [0.5, 0.6) is 0 Å². The fourth-order valence-corrected chi connectivity index (χ4v) is 1.83. The monoisotopic (exact) mass is 350 g/mol. The predicted molar refractivity (Wildman–Crippen MR) is 84.5 cm³/mol. The zero-order chi connectivity index (χ0) is 15.1. The third-order valence-electron chi connectivity index (χ3n) is 2.58. The van der Waals surface area contributed by atoms with Crippen molar-refractivity contribution < 1.29 is 9.53 Å². The Balaban J connectivity index is 2.01. The molecule has 0 unspecified atom stereocenters. The summed E-state index contributed by atoms with van der Waals surface area (Å²) in [7, 11) is 1.62. The number of nitrogens with one attached hydrogen (secondary N) is 2. The van der Waals surface area contributed by atoms with E-state index in [9.17, 15) is 4.79 Å². The van der Waals surface area contributed by atoms with Crippen molar-refractivity contribution in [2.45, 2.75) is 0 Å². The van der Waals surface area contributed by atoms with Gasteiger partial charge in [-0.15, -0.1) is 0 Å². The van der Waals surface area contributed by atoms with Crippen LogP contribution in [0.2, 0.25) is 0 Å². The molecule has 0 spiro atoms. The van der Waals surface area contributed by atoms with Crippen LogP contribution in [0.1, 0.15) is 10.5 Å². The average molecular weight is 351 g/mol. The molecule has 7 heteroatoms. The van der Waals surface area contributed by atoms with Crippen LogP contribution in [0.25, 0.3) is 0 Å². The van der Waals surface area contributed by atoms with E-state index in [-0.39, 0.29) is 5.91 Å². The van der Waals surface area contributed by atoms with Gasteiger partial charge in [-0.1, -0.05) is 15.9 Å². The zero-order valence-electron chi connectivity index (χ0n) is 11.5. The van der Waals surface area contributed by atoms with E-state index in [4.69, 9.17) is 4.74 Å². The minimum atomic E-state index is -0.283. The van der Waals surface area contributed by atoms with Gasteiger partial charge in [0.05, 0.1) is 6.61 Å². The summed E-state index contributed by atoms with van der Waals surface area (Å²) < 4.78 is 5.88. The topological polar surface area (TPSA) is 76.1 Å². The third kappa shape index (κ3) is 4.80. The van der Waals surface area contributed by atoms with Crippen molar-refractivity contribution in [3.8, 4) is 0 Å². The number of halogens is 1. The Morgan fingerprint density at radius 1 is 1.29 bits per heavy atom. The lowest BCUT2D eigenvalue weighted by Crippen LogP contribution is -2.16. The number of carbonyl (C=O) groups excluding carboxylic acids is 1. The minimum Gasteiger partial charge on any atom is -0.383 e. The Labute approximate surface area is 131 Å². The second-order valence-electron chi connectivity index (χ2n) is 4.15. The average Bonchev–Trinajstić information content (AvgIpc) is 2.50. The first kappa shape index (κ1) is 15.4. The second-order valence-corrected chi connectivity index (χ2v) is 5.06. The lowest BCUT2D eigenvalue weighted by molar-refractivity contribution is 0.102. The van der Waals surface area contributed by atoms with E-state index in [0.29, 0.717) is 30.5 Å². The maximum absolute atomic E-state index is 12.1. The molecule has 0 saturated heterocycles. The Morgan fingerprint density at radius 2 is 2.05 bits per heavy atom. The number of hydrogen-bond donors (Lipinski definition) is 2. The van der Waals surface area contributed by atoms with E-state index < -0.39 is 0 Å². The van der Waals surface area contributed by atoms with Crippen LogP contribution >= 0.6 is 15.9 Å². The van der Waals surface area contributed by atoms with Gasteiger partial charge in [-0.05, 0) is 30.3 Å². The number of hydrogen-bond acceptors (Lipinski definition) is 5. The molecule has 0 aliphatic carbocycles. The molecule has 2 rings (SSSR count). The Morgan fingerprint density at radius 3 is 2.76 bits per heavy atom. The van der Waals surface area contributed by atoms with Gasteiger partial charge in [-0.2, -0.15) is 0 Å². The molecule has 1 amide bonds. The Hall–Kier alpha value is -1.99. The first-order chi connectivity index (χ1) is 10.2. The molecule has 1 heterocycles. The van der Waals surface area contributed by atoms with Crippen molar-refractivity contribution >= 4 is 33.5 Å². The van der Waals surface area contributed by atoms with E-state index in [0.717, 1.165) is 4.47 Å². The highest BCUT2D eigenvalue weighted by atomic mass is 79.9. The summed E-state index contributed by atoms with van der Waals surface area (Å²) in [6, 6.07) is 8.89. The van der Waals surface area contributed by atoms with Gasteiger partial charge in [0, 0.05) is 30.0 Å². The van der Waals surface area contributed by atoms with Crippen LogP contribution in [0.15, 0.2) is 41.0 Å². The van der Waals surface area contributed by atoms with Gasteiger partial charge >= 0.3 is 0 Å². The van der Waals surface area contributed by atoms with E-state index in [2.05, 4.69) is 36.5 Å². The lowest BCUT2D eigenvalue weighted by Gasteiger charge is -2.07. The van der Waals surface area contributed by atoms with Gasteiger partial charge < -0.3 is 15.4 Å². The van der Waals surface area contributed by atoms with Gasteiger partial charge in [-0.25, -0.2) is 9.97 Å². The molecule has 0 aliphatic rings. The molecule has 6 nitrogen and oxygen atoms in total. The van der Waals surface area contributed by atoms with Crippen molar-refractivity contribution in [2.75, 3.05) is 30.9 Å². The van der Waals surface area contributed by atoms with E-state index in [1.54, 1.807) is 31.5 Å². The fraction of sp³-hybridized carbons (Fsp3) is 0.214. The van der Waals surface area contributed by atoms with Crippen LogP contribution in [-0.4, -0.2) is 36.1 Å². The smallest absolute Gasteiger partial charge is 0.274 e. The molecule has 0 atom stereocenters. The van der Waals surface area contributed by atoms with Gasteiger partial charge in [0.2, 0.25) is 5.95 Å². The number of aromatic nitrogens is 2. The molecule has 1 aromatic carbocycles. The van der Waals surface area contributed by atoms with Gasteiger partial charge in [0.15, 0.2) is 0 Å². The molecular weight excluding hydrogens is 336 g/mol. The highest BCUT2D eigenvalue weighted by molar-refractivity contribution is 9.10. The zero-order valence-corrected chi connectivity index (χ0v) is 13.1. The summed E-state index contributed by atoms with van der Waals surface area (Å²) in [5.41, 5.74) is 1.00. The first-order valence-corrected chi connectivity index (χ1v) is 7.11. The van der Waals surface area contributed by atoms with Crippen molar-refractivity contribution in [1.82, 2.24) is 9.97 Å². The number of amides is 1. The number of benzene rings is 1. The molecule has 0 saturated carbocycles. The van der Waals surface area contributed by atoms with Crippen LogP contribution < -0.4 is 10.6 Å². The lowest BCUT2D eigenvalue weighted by atomic mass is 10.3. The molecule has 0 radical (unpaired) electrons. The third-order valence-corrected chi connectivity index (χ3v) is 3.11. The predicted octanol–water partition coefficient (Wildman–Crippen LogP) is 2.55. The minimum absolute atomic E-state index is 0.283. The van der Waals surface area contributed by atoms with Crippen molar-refractivity contribution in [1.29, 1.82) is 0 Å². The molecule has 2 aromatic rings. The van der Waals surface area contributed by atoms with Crippen LogP contribution in [-0.2, 0) is 4.74 Å². The summed E-state index contributed by atoms with van der Waals surface area (Å²) in [5, 5.41) is 5.76. The largest absolute Gasteiger partial charge is 0.383 e. The molecule has 1 aromatic heterocycles. The number of methoxy groups -OCH3 is 1. The standard InChI is InChI=1S/C14H15BrN4O2/c1-21-9-8-17-14-16-7-6-12(19-14)13(20)18-11-4-2-10(15)3-5-11/h2-7H,8-9H2,1H3,(H,18,20)(H,16,17,19). The number of rotatable bonds is 6. The van der Waals surface area contributed by atoms with Gasteiger partial charge in [0.25, 0.3) is 5.91 Å². The quantitative estimate of drug-likeness (QED) is 0.783. The van der Waals surface area contributed by atoms with E-state index >= 15 is 0 Å². The summed E-state index contributed by atoms with van der Waals surface area (Å²) in [4.78, 5) is 20.3. The van der Waals surface area contributed by atoms with Gasteiger partial charge in [-0.3, -0.25) is 4.79 Å². The molecule has 0 fully saturated rings. The van der Waals surface area contributed by atoms with Crippen molar-refractivity contribution in [3.05, 3.63) is 46.7 Å². The van der Waals surface area contributed by atoms with E-state index in [1.807, 2.05) is 12.1 Å². The number of nitrogens with zero attached hydrogens (tertiary/aromatic N) is 2. The SMILES string of the molecule is COCCNc1nccc(C(=O)Nc2ccc(Br)cc2)n1. The molecular formula is C14H15BrN4O2. The second kappa shape index (κ2) is 7.70. The molecule has 21 heavy (non-hydrogen) atoms. The maximum Gasteiger partial charge on any atom is 0.274 e. The van der Waals surface area contributed by atoms with Crippen LogP contribution in [0, 0.1) is 0 Å². The number of carbonyl (C=O) groups is 1. The molecule has 110 valence electrons.